The first-order valence-electron chi connectivity index (χ1n) is 5.12. The van der Waals surface area contributed by atoms with Crippen molar-refractivity contribution in [1.29, 1.82) is 0 Å². The van der Waals surface area contributed by atoms with Crippen LogP contribution in [-0.2, 0) is 11.2 Å². The first-order chi connectivity index (χ1) is 7.67. The van der Waals surface area contributed by atoms with Crippen LogP contribution in [0.15, 0.2) is 22.7 Å². The average molecular weight is 308 g/mol. The molecule has 0 N–H and O–H groups in total. The number of ether oxygens (including phenoxy) is 2. The molecular formula is C12H16BrClO2. The molecule has 0 heterocycles. The van der Waals surface area contributed by atoms with Gasteiger partial charge in [-0.05, 0) is 36.6 Å². The Balaban J connectivity index is 2.58. The summed E-state index contributed by atoms with van der Waals surface area (Å²) in [6.07, 6.45) is 1.80. The van der Waals surface area contributed by atoms with E-state index < -0.39 is 0 Å². The van der Waals surface area contributed by atoms with E-state index in [2.05, 4.69) is 15.9 Å². The summed E-state index contributed by atoms with van der Waals surface area (Å²) in [6, 6.07) is 5.95. The maximum absolute atomic E-state index is 6.09. The molecular weight excluding hydrogens is 291 g/mol. The molecule has 16 heavy (non-hydrogen) atoms. The maximum Gasteiger partial charge on any atom is 0.119 e. The van der Waals surface area contributed by atoms with Crippen LogP contribution in [-0.4, -0.2) is 26.2 Å². The molecule has 0 amide bonds. The highest BCUT2D eigenvalue weighted by atomic mass is 79.9. The van der Waals surface area contributed by atoms with Crippen LogP contribution in [0.25, 0.3) is 0 Å². The lowest BCUT2D eigenvalue weighted by Gasteiger charge is -2.10. The molecule has 2 nitrogen and oxygen atoms in total. The Hall–Kier alpha value is -0.250. The molecule has 0 aromatic heterocycles. The number of alkyl halides is 1. The van der Waals surface area contributed by atoms with Gasteiger partial charge in [0.05, 0.1) is 19.1 Å². The van der Waals surface area contributed by atoms with Crippen molar-refractivity contribution in [3.63, 3.8) is 0 Å². The van der Waals surface area contributed by atoms with Crippen LogP contribution in [0, 0.1) is 0 Å². The Morgan fingerprint density at radius 2 is 2.12 bits per heavy atom. The van der Waals surface area contributed by atoms with Gasteiger partial charge in [-0.25, -0.2) is 0 Å². The number of methoxy groups -OCH3 is 2. The normalized spacial score (nSPS) is 12.5. The molecule has 0 fully saturated rings. The Bertz CT molecular complexity index is 331. The fourth-order valence-electron chi connectivity index (χ4n) is 1.45. The van der Waals surface area contributed by atoms with Crippen LogP contribution >= 0.6 is 27.5 Å². The van der Waals surface area contributed by atoms with Gasteiger partial charge >= 0.3 is 0 Å². The van der Waals surface area contributed by atoms with Crippen molar-refractivity contribution in [1.82, 2.24) is 0 Å². The van der Waals surface area contributed by atoms with Gasteiger partial charge in [-0.3, -0.25) is 0 Å². The number of aryl methyl sites for hydroxylation is 1. The molecule has 0 aliphatic carbocycles. The first kappa shape index (κ1) is 13.8. The topological polar surface area (TPSA) is 18.5 Å². The Labute approximate surface area is 110 Å². The van der Waals surface area contributed by atoms with Crippen LogP contribution in [0.3, 0.4) is 0 Å². The van der Waals surface area contributed by atoms with Crippen LogP contribution in [0.2, 0.25) is 0 Å². The summed E-state index contributed by atoms with van der Waals surface area (Å²) in [5.74, 6) is 0.871. The predicted molar refractivity (Wildman–Crippen MR) is 70.5 cm³/mol. The zero-order valence-corrected chi connectivity index (χ0v) is 11.8. The molecule has 0 bridgehead atoms. The minimum absolute atomic E-state index is 0.0584. The van der Waals surface area contributed by atoms with Gasteiger partial charge in [-0.2, -0.15) is 0 Å². The van der Waals surface area contributed by atoms with Crippen LogP contribution in [0.5, 0.6) is 5.75 Å². The molecule has 90 valence electrons. The molecule has 1 aromatic carbocycles. The largest absolute Gasteiger partial charge is 0.497 e. The number of rotatable bonds is 6. The Kier molecular flexibility index (Phi) is 6.17. The van der Waals surface area contributed by atoms with Gasteiger partial charge in [-0.15, -0.1) is 11.6 Å². The SMILES string of the molecule is COCC(Cl)CCc1cc(OC)ccc1Br. The minimum Gasteiger partial charge on any atom is -0.497 e. The fourth-order valence-corrected chi connectivity index (χ4v) is 2.13. The lowest BCUT2D eigenvalue weighted by atomic mass is 10.1. The van der Waals surface area contributed by atoms with Crippen molar-refractivity contribution in [3.8, 4) is 5.75 Å². The molecule has 1 aromatic rings. The Morgan fingerprint density at radius 3 is 2.75 bits per heavy atom. The average Bonchev–Trinajstić information content (AvgIpc) is 2.28. The summed E-state index contributed by atoms with van der Waals surface area (Å²) in [6.45, 7) is 0.586. The van der Waals surface area contributed by atoms with E-state index in [4.69, 9.17) is 21.1 Å². The molecule has 1 unspecified atom stereocenters. The monoisotopic (exact) mass is 306 g/mol. The van der Waals surface area contributed by atoms with Gasteiger partial charge in [-0.1, -0.05) is 15.9 Å². The van der Waals surface area contributed by atoms with Crippen LogP contribution < -0.4 is 4.74 Å². The van der Waals surface area contributed by atoms with E-state index in [0.717, 1.165) is 23.1 Å². The molecule has 0 spiro atoms. The van der Waals surface area contributed by atoms with Crippen molar-refractivity contribution in [3.05, 3.63) is 28.2 Å². The maximum atomic E-state index is 6.09. The molecule has 0 aliphatic rings. The van der Waals surface area contributed by atoms with Gasteiger partial charge < -0.3 is 9.47 Å². The van der Waals surface area contributed by atoms with Crippen molar-refractivity contribution in [2.45, 2.75) is 18.2 Å². The van der Waals surface area contributed by atoms with E-state index in [-0.39, 0.29) is 5.38 Å². The van der Waals surface area contributed by atoms with Gasteiger partial charge in [0.15, 0.2) is 0 Å². The second-order valence-corrected chi connectivity index (χ2v) is 5.02. The second kappa shape index (κ2) is 7.15. The van der Waals surface area contributed by atoms with Crippen LogP contribution in [0.1, 0.15) is 12.0 Å². The first-order valence-corrected chi connectivity index (χ1v) is 6.35. The Morgan fingerprint density at radius 1 is 1.38 bits per heavy atom. The van der Waals surface area contributed by atoms with Crippen molar-refractivity contribution in [2.75, 3.05) is 20.8 Å². The van der Waals surface area contributed by atoms with Gasteiger partial charge in [0.1, 0.15) is 5.75 Å². The van der Waals surface area contributed by atoms with Gasteiger partial charge in [0.2, 0.25) is 0 Å². The van der Waals surface area contributed by atoms with E-state index >= 15 is 0 Å². The molecule has 0 radical (unpaired) electrons. The van der Waals surface area contributed by atoms with E-state index in [1.54, 1.807) is 14.2 Å². The molecule has 4 heteroatoms. The van der Waals surface area contributed by atoms with E-state index in [9.17, 15) is 0 Å². The number of halogens is 2. The van der Waals surface area contributed by atoms with E-state index in [1.165, 1.54) is 5.56 Å². The van der Waals surface area contributed by atoms with Crippen LogP contribution in [0.4, 0.5) is 0 Å². The van der Waals surface area contributed by atoms with E-state index in [1.807, 2.05) is 18.2 Å². The highest BCUT2D eigenvalue weighted by Crippen LogP contribution is 2.24. The summed E-state index contributed by atoms with van der Waals surface area (Å²) < 4.78 is 11.3. The highest BCUT2D eigenvalue weighted by Gasteiger charge is 2.07. The third kappa shape index (κ3) is 4.32. The lowest BCUT2D eigenvalue weighted by Crippen LogP contribution is -2.08. The summed E-state index contributed by atoms with van der Waals surface area (Å²) >= 11 is 9.60. The second-order valence-electron chi connectivity index (χ2n) is 3.55. The predicted octanol–water partition coefficient (Wildman–Crippen LogP) is 3.64. The zero-order chi connectivity index (χ0) is 12.0. The van der Waals surface area contributed by atoms with E-state index in [0.29, 0.717) is 6.61 Å². The summed E-state index contributed by atoms with van der Waals surface area (Å²) in [5, 5.41) is 0.0584. The standard InChI is InChI=1S/C12H16BrClO2/c1-15-8-10(14)4-3-9-7-11(16-2)5-6-12(9)13/h5-7,10H,3-4,8H2,1-2H3. The summed E-state index contributed by atoms with van der Waals surface area (Å²) in [7, 11) is 3.33. The lowest BCUT2D eigenvalue weighted by molar-refractivity contribution is 0.195. The molecule has 0 saturated heterocycles. The minimum atomic E-state index is 0.0584. The number of hydrogen-bond donors (Lipinski definition) is 0. The third-order valence-electron chi connectivity index (χ3n) is 2.33. The molecule has 1 rings (SSSR count). The third-order valence-corrected chi connectivity index (χ3v) is 3.45. The summed E-state index contributed by atoms with van der Waals surface area (Å²) in [4.78, 5) is 0. The molecule has 1 atom stereocenters. The molecule has 0 aliphatic heterocycles. The zero-order valence-electron chi connectivity index (χ0n) is 9.50. The van der Waals surface area contributed by atoms with Crippen molar-refractivity contribution < 1.29 is 9.47 Å². The van der Waals surface area contributed by atoms with Crippen molar-refractivity contribution >= 4 is 27.5 Å². The smallest absolute Gasteiger partial charge is 0.119 e. The number of benzene rings is 1. The quantitative estimate of drug-likeness (QED) is 0.747. The van der Waals surface area contributed by atoms with Gasteiger partial charge in [0, 0.05) is 11.6 Å². The van der Waals surface area contributed by atoms with Gasteiger partial charge in [0.25, 0.3) is 0 Å². The number of hydrogen-bond acceptors (Lipinski definition) is 2. The highest BCUT2D eigenvalue weighted by molar-refractivity contribution is 9.10. The fraction of sp³-hybridized carbons (Fsp3) is 0.500. The van der Waals surface area contributed by atoms with Crippen molar-refractivity contribution in [2.24, 2.45) is 0 Å². The molecule has 0 saturated carbocycles. The summed E-state index contributed by atoms with van der Waals surface area (Å²) in [5.41, 5.74) is 1.21.